The standard InChI is InChI=1S/C5H8O4S/c1-4(2)5(6)3-10(7,8)9/h1,3H2,2H3,(H,7,8,9). The second-order valence-corrected chi connectivity index (χ2v) is 3.38. The van der Waals surface area contributed by atoms with Gasteiger partial charge in [0.05, 0.1) is 0 Å². The average Bonchev–Trinajstić information content (AvgIpc) is 1.60. The Morgan fingerprint density at radius 2 is 2.00 bits per heavy atom. The number of carbonyl (C=O) groups is 1. The Hall–Kier alpha value is -0.680. The number of allylic oxidation sites excluding steroid dienone is 1. The van der Waals surface area contributed by atoms with Crippen molar-refractivity contribution < 1.29 is 17.8 Å². The summed E-state index contributed by atoms with van der Waals surface area (Å²) >= 11 is 0. The summed E-state index contributed by atoms with van der Waals surface area (Å²) in [5, 5.41) is 0. The number of ketones is 1. The molecule has 0 aromatic rings. The maximum absolute atomic E-state index is 10.5. The van der Waals surface area contributed by atoms with E-state index in [0.717, 1.165) is 0 Å². The van der Waals surface area contributed by atoms with Crippen molar-refractivity contribution in [2.24, 2.45) is 0 Å². The third kappa shape index (κ3) is 4.22. The van der Waals surface area contributed by atoms with Gasteiger partial charge < -0.3 is 0 Å². The third-order valence-corrected chi connectivity index (χ3v) is 1.42. The molecule has 0 aliphatic carbocycles. The van der Waals surface area contributed by atoms with E-state index in [1.165, 1.54) is 6.92 Å². The van der Waals surface area contributed by atoms with E-state index in [-0.39, 0.29) is 5.57 Å². The SMILES string of the molecule is C=C(C)C(=O)CS(=O)(=O)O. The summed E-state index contributed by atoms with van der Waals surface area (Å²) in [5.74, 6) is -1.54. The van der Waals surface area contributed by atoms with Crippen molar-refractivity contribution in [3.05, 3.63) is 12.2 Å². The molecule has 0 unspecified atom stereocenters. The van der Waals surface area contributed by atoms with Crippen LogP contribution >= 0.6 is 0 Å². The van der Waals surface area contributed by atoms with Gasteiger partial charge in [-0.1, -0.05) is 6.58 Å². The third-order valence-electron chi connectivity index (χ3n) is 0.790. The largest absolute Gasteiger partial charge is 0.293 e. The number of carbonyl (C=O) groups excluding carboxylic acids is 1. The Balaban J connectivity index is 4.21. The summed E-state index contributed by atoms with van der Waals surface area (Å²) in [7, 11) is -4.18. The Morgan fingerprint density at radius 3 is 2.10 bits per heavy atom. The van der Waals surface area contributed by atoms with Crippen LogP contribution < -0.4 is 0 Å². The van der Waals surface area contributed by atoms with Crippen LogP contribution in [-0.4, -0.2) is 24.5 Å². The van der Waals surface area contributed by atoms with Gasteiger partial charge in [0.2, 0.25) is 0 Å². The van der Waals surface area contributed by atoms with Crippen molar-refractivity contribution >= 4 is 15.9 Å². The van der Waals surface area contributed by atoms with Crippen LogP contribution in [-0.2, 0) is 14.9 Å². The van der Waals surface area contributed by atoms with Gasteiger partial charge in [-0.2, -0.15) is 8.42 Å². The zero-order chi connectivity index (χ0) is 8.36. The van der Waals surface area contributed by atoms with Gasteiger partial charge in [-0.05, 0) is 12.5 Å². The minimum Gasteiger partial charge on any atom is -0.293 e. The monoisotopic (exact) mass is 164 g/mol. The first-order valence-electron chi connectivity index (χ1n) is 2.47. The predicted octanol–water partition coefficient (Wildman–Crippen LogP) is 0.0194. The molecule has 0 bridgehead atoms. The van der Waals surface area contributed by atoms with Crippen LogP contribution in [0.5, 0.6) is 0 Å². The molecule has 10 heavy (non-hydrogen) atoms. The van der Waals surface area contributed by atoms with Crippen molar-refractivity contribution in [3.8, 4) is 0 Å². The number of Topliss-reactive ketones (excluding diaryl/α,β-unsaturated/α-hetero) is 1. The lowest BCUT2D eigenvalue weighted by atomic mass is 10.2. The van der Waals surface area contributed by atoms with Crippen LogP contribution in [0.25, 0.3) is 0 Å². The zero-order valence-corrected chi connectivity index (χ0v) is 6.31. The number of hydrogen-bond donors (Lipinski definition) is 1. The molecule has 0 fully saturated rings. The molecule has 0 radical (unpaired) electrons. The highest BCUT2D eigenvalue weighted by Gasteiger charge is 2.12. The quantitative estimate of drug-likeness (QED) is 0.471. The van der Waals surface area contributed by atoms with Crippen molar-refractivity contribution in [1.29, 1.82) is 0 Å². The summed E-state index contributed by atoms with van der Waals surface area (Å²) in [4.78, 5) is 10.5. The van der Waals surface area contributed by atoms with E-state index in [9.17, 15) is 13.2 Å². The van der Waals surface area contributed by atoms with E-state index in [2.05, 4.69) is 6.58 Å². The lowest BCUT2D eigenvalue weighted by molar-refractivity contribution is -0.113. The van der Waals surface area contributed by atoms with Gasteiger partial charge in [-0.15, -0.1) is 0 Å². The normalized spacial score (nSPS) is 11.0. The fourth-order valence-corrected chi connectivity index (χ4v) is 0.867. The molecule has 0 spiro atoms. The molecule has 5 heteroatoms. The van der Waals surface area contributed by atoms with Crippen LogP contribution in [0, 0.1) is 0 Å². The Labute approximate surface area is 59.3 Å². The zero-order valence-electron chi connectivity index (χ0n) is 5.49. The van der Waals surface area contributed by atoms with Crippen molar-refractivity contribution in [3.63, 3.8) is 0 Å². The fraction of sp³-hybridized carbons (Fsp3) is 0.400. The fourth-order valence-electron chi connectivity index (χ4n) is 0.289. The van der Waals surface area contributed by atoms with Gasteiger partial charge in [-0.25, -0.2) is 0 Å². The average molecular weight is 164 g/mol. The molecule has 0 saturated heterocycles. The van der Waals surface area contributed by atoms with Crippen molar-refractivity contribution in [2.45, 2.75) is 6.92 Å². The van der Waals surface area contributed by atoms with Crippen LogP contribution in [0.15, 0.2) is 12.2 Å². The molecule has 58 valence electrons. The first kappa shape index (κ1) is 9.32. The van der Waals surface area contributed by atoms with Crippen LogP contribution in [0.1, 0.15) is 6.92 Å². The highest BCUT2D eigenvalue weighted by molar-refractivity contribution is 7.86. The molecule has 0 rings (SSSR count). The van der Waals surface area contributed by atoms with E-state index in [4.69, 9.17) is 4.55 Å². The maximum atomic E-state index is 10.5. The van der Waals surface area contributed by atoms with Crippen LogP contribution in [0.4, 0.5) is 0 Å². The second-order valence-electron chi connectivity index (χ2n) is 1.93. The maximum Gasteiger partial charge on any atom is 0.272 e. The van der Waals surface area contributed by atoms with E-state index in [1.807, 2.05) is 0 Å². The molecule has 0 aromatic heterocycles. The molecule has 0 aromatic carbocycles. The van der Waals surface area contributed by atoms with Gasteiger partial charge in [0.25, 0.3) is 10.1 Å². The lowest BCUT2D eigenvalue weighted by Crippen LogP contribution is -2.14. The lowest BCUT2D eigenvalue weighted by Gasteiger charge is -1.93. The van der Waals surface area contributed by atoms with E-state index < -0.39 is 21.7 Å². The van der Waals surface area contributed by atoms with Gasteiger partial charge >= 0.3 is 0 Å². The molecule has 0 saturated carbocycles. The first-order valence-corrected chi connectivity index (χ1v) is 4.07. The summed E-state index contributed by atoms with van der Waals surface area (Å²) in [6.07, 6.45) is 0. The highest BCUT2D eigenvalue weighted by Crippen LogP contribution is 1.93. The molecule has 4 nitrogen and oxygen atoms in total. The van der Waals surface area contributed by atoms with Gasteiger partial charge in [0, 0.05) is 0 Å². The minimum absolute atomic E-state index is 0.123. The van der Waals surface area contributed by atoms with Gasteiger partial charge in [0.15, 0.2) is 5.78 Å². The van der Waals surface area contributed by atoms with Crippen LogP contribution in [0.3, 0.4) is 0 Å². The molecule has 1 N–H and O–H groups in total. The molecule has 0 atom stereocenters. The molecular weight excluding hydrogens is 156 g/mol. The molecule has 0 amide bonds. The summed E-state index contributed by atoms with van der Waals surface area (Å²) < 4.78 is 28.2. The van der Waals surface area contributed by atoms with E-state index in [1.54, 1.807) is 0 Å². The van der Waals surface area contributed by atoms with E-state index >= 15 is 0 Å². The minimum atomic E-state index is -4.18. The highest BCUT2D eigenvalue weighted by atomic mass is 32.2. The molecule has 0 heterocycles. The van der Waals surface area contributed by atoms with Gasteiger partial charge in [-0.3, -0.25) is 9.35 Å². The van der Waals surface area contributed by atoms with Crippen molar-refractivity contribution in [1.82, 2.24) is 0 Å². The number of hydrogen-bond acceptors (Lipinski definition) is 3. The summed E-state index contributed by atoms with van der Waals surface area (Å²) in [5.41, 5.74) is 0.123. The van der Waals surface area contributed by atoms with Crippen molar-refractivity contribution in [2.75, 3.05) is 5.75 Å². The first-order chi connectivity index (χ1) is 4.33. The Kier molecular flexibility index (Phi) is 2.74. The number of rotatable bonds is 3. The van der Waals surface area contributed by atoms with Gasteiger partial charge in [0.1, 0.15) is 5.75 Å². The molecule has 0 aliphatic rings. The molecular formula is C5H8O4S. The van der Waals surface area contributed by atoms with Crippen LogP contribution in [0.2, 0.25) is 0 Å². The summed E-state index contributed by atoms with van der Waals surface area (Å²) in [6.45, 7) is 4.60. The predicted molar refractivity (Wildman–Crippen MR) is 36.2 cm³/mol. The van der Waals surface area contributed by atoms with E-state index in [0.29, 0.717) is 0 Å². The molecule has 0 aliphatic heterocycles. The Bertz CT molecular complexity index is 249. The smallest absolute Gasteiger partial charge is 0.272 e. The Morgan fingerprint density at radius 1 is 1.60 bits per heavy atom. The summed E-state index contributed by atoms with van der Waals surface area (Å²) in [6, 6.07) is 0. The second kappa shape index (κ2) is 2.94. The topological polar surface area (TPSA) is 71.4 Å².